The first-order valence-corrected chi connectivity index (χ1v) is 13.4. The van der Waals surface area contributed by atoms with E-state index in [-0.39, 0.29) is 17.7 Å². The number of carbonyl (C=O) groups is 2. The van der Waals surface area contributed by atoms with E-state index in [1.165, 1.54) is 0 Å². The fourth-order valence-electron chi connectivity index (χ4n) is 6.27. The van der Waals surface area contributed by atoms with E-state index in [1.54, 1.807) is 4.90 Å². The van der Waals surface area contributed by atoms with Crippen LogP contribution in [0.1, 0.15) is 79.9 Å². The first kappa shape index (κ1) is 27.0. The second-order valence-corrected chi connectivity index (χ2v) is 11.8. The second kappa shape index (κ2) is 10.4. The first-order chi connectivity index (χ1) is 17.0. The maximum atomic E-state index is 14.1. The summed E-state index contributed by atoms with van der Waals surface area (Å²) in [5, 5.41) is 11.2. The fourth-order valence-corrected chi connectivity index (χ4v) is 7.24. The SMILES string of the molecule is CC(C)c1c(Cl)cc2c(c1Cl)C(=O)N(CCOCc1ccccc1)CC1[C@](C)(C(=O)O)CCC[C@]21C. The van der Waals surface area contributed by atoms with Crippen molar-refractivity contribution in [3.63, 3.8) is 0 Å². The van der Waals surface area contributed by atoms with Gasteiger partial charge in [-0.15, -0.1) is 0 Å². The minimum Gasteiger partial charge on any atom is -0.481 e. The number of rotatable bonds is 7. The van der Waals surface area contributed by atoms with Crippen LogP contribution >= 0.6 is 23.2 Å². The van der Waals surface area contributed by atoms with Crippen LogP contribution in [-0.2, 0) is 21.6 Å². The average molecular weight is 533 g/mol. The summed E-state index contributed by atoms with van der Waals surface area (Å²) in [5.41, 5.74) is 1.52. The third-order valence-electron chi connectivity index (χ3n) is 8.39. The Hall–Kier alpha value is -2.08. The number of carboxylic acids is 1. The first-order valence-electron chi connectivity index (χ1n) is 12.7. The molecule has 2 aliphatic rings. The van der Waals surface area contributed by atoms with E-state index in [0.29, 0.717) is 48.3 Å². The zero-order valence-corrected chi connectivity index (χ0v) is 23.0. The predicted molar refractivity (Wildman–Crippen MR) is 143 cm³/mol. The zero-order valence-electron chi connectivity index (χ0n) is 21.4. The minimum absolute atomic E-state index is 0.0354. The molecule has 5 nitrogen and oxygen atoms in total. The molecule has 1 heterocycles. The molecule has 0 radical (unpaired) electrons. The smallest absolute Gasteiger partial charge is 0.309 e. The molecule has 7 heteroatoms. The van der Waals surface area contributed by atoms with Crippen LogP contribution in [0.2, 0.25) is 10.0 Å². The highest BCUT2D eigenvalue weighted by Gasteiger charge is 2.57. The summed E-state index contributed by atoms with van der Waals surface area (Å²) in [6, 6.07) is 11.8. The molecule has 4 rings (SSSR count). The van der Waals surface area contributed by atoms with Gasteiger partial charge in [0.1, 0.15) is 0 Å². The normalized spacial score (nSPS) is 25.9. The molecule has 2 aromatic carbocycles. The molecule has 1 amide bonds. The van der Waals surface area contributed by atoms with Gasteiger partial charge < -0.3 is 14.7 Å². The van der Waals surface area contributed by atoms with Gasteiger partial charge in [-0.1, -0.05) is 80.7 Å². The molecule has 1 N–H and O–H groups in total. The van der Waals surface area contributed by atoms with Gasteiger partial charge in [0, 0.05) is 24.0 Å². The average Bonchev–Trinajstić information content (AvgIpc) is 2.91. The number of fused-ring (bicyclic) bond motifs is 3. The summed E-state index contributed by atoms with van der Waals surface area (Å²) >= 11 is 13.7. The summed E-state index contributed by atoms with van der Waals surface area (Å²) in [5.74, 6) is -1.27. The number of aliphatic carboxylic acids is 1. The van der Waals surface area contributed by atoms with Gasteiger partial charge in [-0.3, -0.25) is 9.59 Å². The monoisotopic (exact) mass is 531 g/mol. The van der Waals surface area contributed by atoms with Crippen molar-refractivity contribution >= 4 is 35.1 Å². The van der Waals surface area contributed by atoms with Crippen LogP contribution in [0.4, 0.5) is 0 Å². The van der Waals surface area contributed by atoms with Gasteiger partial charge >= 0.3 is 5.97 Å². The fraction of sp³-hybridized carbons (Fsp3) is 0.517. The van der Waals surface area contributed by atoms with Crippen LogP contribution in [0, 0.1) is 11.3 Å². The summed E-state index contributed by atoms with van der Waals surface area (Å²) in [6.07, 6.45) is 2.09. The molecule has 0 bridgehead atoms. The van der Waals surface area contributed by atoms with Gasteiger partial charge in [0.15, 0.2) is 0 Å². The van der Waals surface area contributed by atoms with Crippen LogP contribution in [0.5, 0.6) is 0 Å². The van der Waals surface area contributed by atoms with Gasteiger partial charge in [-0.05, 0) is 53.9 Å². The Balaban J connectivity index is 1.75. The summed E-state index contributed by atoms with van der Waals surface area (Å²) in [4.78, 5) is 28.4. The van der Waals surface area contributed by atoms with E-state index in [1.807, 2.05) is 57.2 Å². The van der Waals surface area contributed by atoms with Crippen LogP contribution < -0.4 is 0 Å². The van der Waals surface area contributed by atoms with Crippen LogP contribution in [-0.4, -0.2) is 41.6 Å². The zero-order chi connectivity index (χ0) is 26.3. The largest absolute Gasteiger partial charge is 0.481 e. The summed E-state index contributed by atoms with van der Waals surface area (Å²) < 4.78 is 5.91. The van der Waals surface area contributed by atoms with E-state index >= 15 is 0 Å². The number of ether oxygens (including phenoxy) is 1. The van der Waals surface area contributed by atoms with Crippen molar-refractivity contribution in [1.29, 1.82) is 0 Å². The number of halogens is 2. The number of hydrogen-bond acceptors (Lipinski definition) is 3. The molecule has 2 aromatic rings. The number of hydrogen-bond donors (Lipinski definition) is 1. The van der Waals surface area contributed by atoms with Gasteiger partial charge in [0.05, 0.1) is 29.2 Å². The van der Waals surface area contributed by atoms with Gasteiger partial charge in [0.2, 0.25) is 0 Å². The Morgan fingerprint density at radius 3 is 2.53 bits per heavy atom. The van der Waals surface area contributed by atoms with Crippen LogP contribution in [0.15, 0.2) is 36.4 Å². The van der Waals surface area contributed by atoms with Crippen molar-refractivity contribution in [3.05, 3.63) is 68.7 Å². The number of amides is 1. The van der Waals surface area contributed by atoms with Crippen molar-refractivity contribution in [1.82, 2.24) is 4.90 Å². The lowest BCUT2D eigenvalue weighted by Gasteiger charge is -2.50. The highest BCUT2D eigenvalue weighted by Crippen LogP contribution is 2.56. The van der Waals surface area contributed by atoms with Crippen molar-refractivity contribution in [2.45, 2.75) is 64.9 Å². The van der Waals surface area contributed by atoms with E-state index in [2.05, 4.69) is 6.92 Å². The second-order valence-electron chi connectivity index (χ2n) is 11.0. The molecule has 36 heavy (non-hydrogen) atoms. The van der Waals surface area contributed by atoms with E-state index in [9.17, 15) is 14.7 Å². The summed E-state index contributed by atoms with van der Waals surface area (Å²) in [6.45, 7) is 9.37. The van der Waals surface area contributed by atoms with Crippen molar-refractivity contribution in [2.75, 3.05) is 19.7 Å². The number of nitrogens with zero attached hydrogens (tertiary/aromatic N) is 1. The van der Waals surface area contributed by atoms with E-state index in [4.69, 9.17) is 27.9 Å². The Labute approximate surface area is 223 Å². The highest BCUT2D eigenvalue weighted by atomic mass is 35.5. The van der Waals surface area contributed by atoms with E-state index < -0.39 is 16.8 Å². The number of carboxylic acid groups (broad SMARTS) is 1. The Kier molecular flexibility index (Phi) is 7.76. The minimum atomic E-state index is -0.978. The topological polar surface area (TPSA) is 66.8 Å². The Morgan fingerprint density at radius 1 is 1.19 bits per heavy atom. The third kappa shape index (κ3) is 4.66. The molecule has 1 aliphatic carbocycles. The molecule has 1 saturated carbocycles. The lowest BCUT2D eigenvalue weighted by molar-refractivity contribution is -0.157. The molecule has 1 aliphatic heterocycles. The van der Waals surface area contributed by atoms with Gasteiger partial charge in [-0.25, -0.2) is 0 Å². The Morgan fingerprint density at radius 2 is 1.89 bits per heavy atom. The maximum absolute atomic E-state index is 14.1. The standard InChI is InChI=1S/C29H35Cl2NO4/c1-18(2)23-21(30)15-20-24(25(23)31)26(33)32(13-14-36-17-19-9-6-5-7-10-19)16-22-28(20,3)11-8-12-29(22,4)27(34)35/h5-7,9-10,15,18,22H,8,11-14,16-17H2,1-4H3,(H,34,35)/t22?,28-,29-/m1/s1. The van der Waals surface area contributed by atoms with Crippen molar-refractivity contribution < 1.29 is 19.4 Å². The Bertz CT molecular complexity index is 1150. The number of carbonyl (C=O) groups excluding carboxylic acids is 1. The molecular weight excluding hydrogens is 497 g/mol. The molecule has 0 saturated heterocycles. The van der Waals surface area contributed by atoms with Gasteiger partial charge in [0.25, 0.3) is 5.91 Å². The molecule has 1 unspecified atom stereocenters. The number of benzene rings is 2. The van der Waals surface area contributed by atoms with E-state index in [0.717, 1.165) is 29.5 Å². The van der Waals surface area contributed by atoms with Crippen molar-refractivity contribution in [3.8, 4) is 0 Å². The molecule has 3 atom stereocenters. The summed E-state index contributed by atoms with van der Waals surface area (Å²) in [7, 11) is 0. The quantitative estimate of drug-likeness (QED) is 0.393. The molecule has 1 fully saturated rings. The highest BCUT2D eigenvalue weighted by molar-refractivity contribution is 6.38. The van der Waals surface area contributed by atoms with Gasteiger partial charge in [-0.2, -0.15) is 0 Å². The third-order valence-corrected chi connectivity index (χ3v) is 9.09. The van der Waals surface area contributed by atoms with Crippen LogP contribution in [0.25, 0.3) is 0 Å². The molecule has 0 spiro atoms. The van der Waals surface area contributed by atoms with Crippen molar-refractivity contribution in [2.24, 2.45) is 11.3 Å². The molecular formula is C29H35Cl2NO4. The predicted octanol–water partition coefficient (Wildman–Crippen LogP) is 6.94. The molecule has 0 aromatic heterocycles. The lowest BCUT2D eigenvalue weighted by Crippen LogP contribution is -2.53. The lowest BCUT2D eigenvalue weighted by atomic mass is 9.53. The van der Waals surface area contributed by atoms with Crippen LogP contribution in [0.3, 0.4) is 0 Å². The molecule has 194 valence electrons. The maximum Gasteiger partial charge on any atom is 0.309 e.